The lowest BCUT2D eigenvalue weighted by Gasteiger charge is -2.06. The zero-order chi connectivity index (χ0) is 15.1. The van der Waals surface area contributed by atoms with Gasteiger partial charge in [-0.05, 0) is 41.8 Å². The number of nitrogens with one attached hydrogen (secondary N) is 1. The highest BCUT2D eigenvalue weighted by Crippen LogP contribution is 2.12. The number of carbonyl (C=O) groups is 1. The zero-order valence-corrected chi connectivity index (χ0v) is 12.7. The van der Waals surface area contributed by atoms with Gasteiger partial charge in [0.05, 0.1) is 13.5 Å². The molecule has 0 aliphatic rings. The van der Waals surface area contributed by atoms with E-state index in [0.717, 1.165) is 17.7 Å². The van der Waals surface area contributed by atoms with Gasteiger partial charge in [0.1, 0.15) is 5.75 Å². The maximum Gasteiger partial charge on any atom is 0.224 e. The molecular weight excluding hydrogens is 286 g/mol. The van der Waals surface area contributed by atoms with Crippen LogP contribution in [0.3, 0.4) is 0 Å². The van der Waals surface area contributed by atoms with Crippen LogP contribution < -0.4 is 10.1 Å². The first-order chi connectivity index (χ1) is 10.2. The van der Waals surface area contributed by atoms with Crippen molar-refractivity contribution in [3.63, 3.8) is 0 Å². The summed E-state index contributed by atoms with van der Waals surface area (Å²) in [4.78, 5) is 11.8. The van der Waals surface area contributed by atoms with E-state index in [0.29, 0.717) is 18.0 Å². The van der Waals surface area contributed by atoms with E-state index >= 15 is 0 Å². The molecule has 2 aromatic carbocycles. The van der Waals surface area contributed by atoms with Crippen LogP contribution in [0.1, 0.15) is 11.1 Å². The Balaban J connectivity index is 1.74. The minimum Gasteiger partial charge on any atom is -0.497 e. The van der Waals surface area contributed by atoms with Crippen LogP contribution in [-0.4, -0.2) is 19.6 Å². The van der Waals surface area contributed by atoms with Crippen LogP contribution in [0, 0.1) is 0 Å². The molecule has 0 spiro atoms. The number of rotatable bonds is 6. The van der Waals surface area contributed by atoms with Gasteiger partial charge in [-0.15, -0.1) is 0 Å². The Bertz CT molecular complexity index is 579. The largest absolute Gasteiger partial charge is 0.497 e. The molecule has 0 aliphatic heterocycles. The van der Waals surface area contributed by atoms with Crippen molar-refractivity contribution < 1.29 is 9.53 Å². The van der Waals surface area contributed by atoms with Gasteiger partial charge < -0.3 is 10.1 Å². The van der Waals surface area contributed by atoms with E-state index < -0.39 is 0 Å². The fourth-order valence-electron chi connectivity index (χ4n) is 1.99. The fourth-order valence-corrected chi connectivity index (χ4v) is 2.11. The number of carbonyl (C=O) groups excluding carboxylic acids is 1. The molecule has 21 heavy (non-hydrogen) atoms. The lowest BCUT2D eigenvalue weighted by Crippen LogP contribution is -2.27. The van der Waals surface area contributed by atoms with Crippen molar-refractivity contribution in [1.29, 1.82) is 0 Å². The molecule has 0 radical (unpaired) electrons. The molecule has 1 amide bonds. The molecule has 0 fully saturated rings. The first-order valence-corrected chi connectivity index (χ1v) is 7.19. The average Bonchev–Trinajstić information content (AvgIpc) is 2.50. The lowest BCUT2D eigenvalue weighted by atomic mass is 10.1. The van der Waals surface area contributed by atoms with E-state index in [1.54, 1.807) is 19.2 Å². The van der Waals surface area contributed by atoms with Gasteiger partial charge in [0.2, 0.25) is 5.91 Å². The van der Waals surface area contributed by atoms with Crippen molar-refractivity contribution in [3.05, 3.63) is 64.7 Å². The third-order valence-corrected chi connectivity index (χ3v) is 3.42. The molecule has 3 nitrogen and oxygen atoms in total. The second kappa shape index (κ2) is 7.70. The monoisotopic (exact) mass is 303 g/mol. The van der Waals surface area contributed by atoms with Gasteiger partial charge in [-0.1, -0.05) is 35.9 Å². The van der Waals surface area contributed by atoms with Gasteiger partial charge in [-0.25, -0.2) is 0 Å². The predicted molar refractivity (Wildman–Crippen MR) is 84.9 cm³/mol. The second-order valence-corrected chi connectivity index (χ2v) is 5.19. The number of amides is 1. The smallest absolute Gasteiger partial charge is 0.224 e. The normalized spacial score (nSPS) is 10.2. The van der Waals surface area contributed by atoms with E-state index in [2.05, 4.69) is 5.32 Å². The number of benzene rings is 2. The number of hydrogen-bond acceptors (Lipinski definition) is 2. The average molecular weight is 304 g/mol. The Labute approximate surface area is 129 Å². The van der Waals surface area contributed by atoms with Crippen LogP contribution in [0.5, 0.6) is 5.75 Å². The molecule has 4 heteroatoms. The number of ether oxygens (including phenoxy) is 1. The minimum absolute atomic E-state index is 0.0193. The van der Waals surface area contributed by atoms with Crippen molar-refractivity contribution in [1.82, 2.24) is 5.32 Å². The van der Waals surface area contributed by atoms with Gasteiger partial charge in [0.15, 0.2) is 0 Å². The minimum atomic E-state index is 0.0193. The van der Waals surface area contributed by atoms with Crippen LogP contribution in [-0.2, 0) is 17.6 Å². The van der Waals surface area contributed by atoms with Gasteiger partial charge in [-0.2, -0.15) is 0 Å². The maximum atomic E-state index is 11.8. The molecule has 0 aromatic heterocycles. The molecule has 0 atom stereocenters. The van der Waals surface area contributed by atoms with E-state index in [1.165, 1.54) is 5.56 Å². The van der Waals surface area contributed by atoms with Crippen molar-refractivity contribution >= 4 is 17.5 Å². The molecule has 0 unspecified atom stereocenters. The molecule has 0 heterocycles. The summed E-state index contributed by atoms with van der Waals surface area (Å²) in [5.41, 5.74) is 2.13. The van der Waals surface area contributed by atoms with E-state index in [4.69, 9.17) is 16.3 Å². The molecule has 0 aliphatic carbocycles. The summed E-state index contributed by atoms with van der Waals surface area (Å²) in [7, 11) is 1.64. The van der Waals surface area contributed by atoms with Gasteiger partial charge in [0, 0.05) is 11.6 Å². The van der Waals surface area contributed by atoms with Crippen LogP contribution in [0.15, 0.2) is 48.5 Å². The van der Waals surface area contributed by atoms with Crippen LogP contribution >= 0.6 is 11.6 Å². The van der Waals surface area contributed by atoms with Crippen molar-refractivity contribution in [2.24, 2.45) is 0 Å². The molecule has 1 N–H and O–H groups in total. The molecule has 2 rings (SSSR count). The Hall–Kier alpha value is -2.00. The van der Waals surface area contributed by atoms with Crippen molar-refractivity contribution in [3.8, 4) is 5.75 Å². The van der Waals surface area contributed by atoms with E-state index in [9.17, 15) is 4.79 Å². The Kier molecular flexibility index (Phi) is 5.64. The van der Waals surface area contributed by atoms with Crippen molar-refractivity contribution in [2.45, 2.75) is 12.8 Å². The molecular formula is C17H18ClNO2. The first-order valence-electron chi connectivity index (χ1n) is 6.81. The topological polar surface area (TPSA) is 38.3 Å². The molecule has 0 saturated carbocycles. The highest BCUT2D eigenvalue weighted by molar-refractivity contribution is 6.30. The number of hydrogen-bond donors (Lipinski definition) is 1. The Morgan fingerprint density at radius 2 is 1.67 bits per heavy atom. The van der Waals surface area contributed by atoms with E-state index in [1.807, 2.05) is 36.4 Å². The Morgan fingerprint density at radius 3 is 2.29 bits per heavy atom. The van der Waals surface area contributed by atoms with Crippen LogP contribution in [0.25, 0.3) is 0 Å². The lowest BCUT2D eigenvalue weighted by molar-refractivity contribution is -0.120. The summed E-state index contributed by atoms with van der Waals surface area (Å²) in [6, 6.07) is 15.2. The summed E-state index contributed by atoms with van der Waals surface area (Å²) in [6.07, 6.45) is 1.18. The number of halogens is 1. The van der Waals surface area contributed by atoms with Crippen LogP contribution in [0.4, 0.5) is 0 Å². The quantitative estimate of drug-likeness (QED) is 0.889. The second-order valence-electron chi connectivity index (χ2n) is 4.75. The highest BCUT2D eigenvalue weighted by atomic mass is 35.5. The SMILES string of the molecule is COc1ccc(CCNC(=O)Cc2ccc(Cl)cc2)cc1. The predicted octanol–water partition coefficient (Wildman–Crippen LogP) is 3.25. The summed E-state index contributed by atoms with van der Waals surface area (Å²) >= 11 is 5.81. The summed E-state index contributed by atoms with van der Waals surface area (Å²) in [6.45, 7) is 0.624. The van der Waals surface area contributed by atoms with Crippen molar-refractivity contribution in [2.75, 3.05) is 13.7 Å². The van der Waals surface area contributed by atoms with Crippen LogP contribution in [0.2, 0.25) is 5.02 Å². The summed E-state index contributed by atoms with van der Waals surface area (Å²) in [5.74, 6) is 0.858. The number of methoxy groups -OCH3 is 1. The highest BCUT2D eigenvalue weighted by Gasteiger charge is 2.03. The molecule has 0 bridgehead atoms. The molecule has 2 aromatic rings. The Morgan fingerprint density at radius 1 is 1.05 bits per heavy atom. The third-order valence-electron chi connectivity index (χ3n) is 3.17. The third kappa shape index (κ3) is 5.12. The zero-order valence-electron chi connectivity index (χ0n) is 11.9. The molecule has 0 saturated heterocycles. The summed E-state index contributed by atoms with van der Waals surface area (Å²) in [5, 5.41) is 3.60. The maximum absolute atomic E-state index is 11.8. The molecule has 110 valence electrons. The van der Waals surface area contributed by atoms with Gasteiger partial charge >= 0.3 is 0 Å². The standard InChI is InChI=1S/C17H18ClNO2/c1-21-16-8-4-13(5-9-16)10-11-19-17(20)12-14-2-6-15(18)7-3-14/h2-9H,10-12H2,1H3,(H,19,20). The van der Waals surface area contributed by atoms with Gasteiger partial charge in [0.25, 0.3) is 0 Å². The summed E-state index contributed by atoms with van der Waals surface area (Å²) < 4.78 is 5.11. The van der Waals surface area contributed by atoms with Gasteiger partial charge in [-0.3, -0.25) is 4.79 Å². The van der Waals surface area contributed by atoms with E-state index in [-0.39, 0.29) is 5.91 Å². The fraction of sp³-hybridized carbons (Fsp3) is 0.235. The first kappa shape index (κ1) is 15.4.